The van der Waals surface area contributed by atoms with Gasteiger partial charge >= 0.3 is 6.09 Å². The number of amides is 1. The van der Waals surface area contributed by atoms with Crippen LogP contribution < -0.4 is 9.64 Å². The van der Waals surface area contributed by atoms with Crippen LogP contribution in [0, 0.1) is 6.92 Å². The van der Waals surface area contributed by atoms with E-state index in [0.29, 0.717) is 18.8 Å². The van der Waals surface area contributed by atoms with Crippen molar-refractivity contribution in [3.63, 3.8) is 0 Å². The number of hydrogen-bond acceptors (Lipinski definition) is 5. The van der Waals surface area contributed by atoms with E-state index in [1.807, 2.05) is 31.2 Å². The summed E-state index contributed by atoms with van der Waals surface area (Å²) in [5, 5.41) is 0. The van der Waals surface area contributed by atoms with E-state index in [2.05, 4.69) is 14.9 Å². The van der Waals surface area contributed by atoms with Crippen LogP contribution in [0.25, 0.3) is 0 Å². The van der Waals surface area contributed by atoms with Gasteiger partial charge in [0.15, 0.2) is 0 Å². The Morgan fingerprint density at radius 1 is 1.09 bits per heavy atom. The lowest BCUT2D eigenvalue weighted by Crippen LogP contribution is -2.37. The molecule has 2 aromatic rings. The molecule has 0 radical (unpaired) electrons. The van der Waals surface area contributed by atoms with Crippen molar-refractivity contribution in [3.05, 3.63) is 48.4 Å². The summed E-state index contributed by atoms with van der Waals surface area (Å²) in [6.07, 6.45) is 2.17. The van der Waals surface area contributed by atoms with Crippen molar-refractivity contribution in [1.29, 1.82) is 0 Å². The van der Waals surface area contributed by atoms with Gasteiger partial charge in [0.1, 0.15) is 17.9 Å². The Bertz CT molecular complexity index is 663. The molecule has 120 valence electrons. The van der Waals surface area contributed by atoms with Gasteiger partial charge in [0.25, 0.3) is 0 Å². The molecule has 2 heterocycles. The van der Waals surface area contributed by atoms with E-state index in [1.165, 1.54) is 0 Å². The van der Waals surface area contributed by atoms with Crippen molar-refractivity contribution < 1.29 is 9.53 Å². The fourth-order valence-corrected chi connectivity index (χ4v) is 2.60. The molecule has 3 rings (SSSR count). The highest BCUT2D eigenvalue weighted by atomic mass is 16.6. The van der Waals surface area contributed by atoms with Crippen LogP contribution in [0.5, 0.6) is 5.75 Å². The number of nitrogens with zero attached hydrogens (tertiary/aromatic N) is 4. The van der Waals surface area contributed by atoms with Gasteiger partial charge in [0.2, 0.25) is 0 Å². The molecule has 6 heteroatoms. The van der Waals surface area contributed by atoms with Crippen LogP contribution >= 0.6 is 0 Å². The molecule has 0 spiro atoms. The molecule has 1 amide bonds. The highest BCUT2D eigenvalue weighted by Gasteiger charge is 2.21. The molecule has 23 heavy (non-hydrogen) atoms. The Hall–Kier alpha value is -2.63. The van der Waals surface area contributed by atoms with Crippen LogP contribution in [0.4, 0.5) is 10.6 Å². The Morgan fingerprint density at radius 3 is 2.70 bits per heavy atom. The molecule has 1 saturated heterocycles. The van der Waals surface area contributed by atoms with Crippen LogP contribution in [0.2, 0.25) is 0 Å². The summed E-state index contributed by atoms with van der Waals surface area (Å²) in [5.74, 6) is 1.49. The summed E-state index contributed by atoms with van der Waals surface area (Å²) in [5.41, 5.74) is 0.944. The molecule has 0 unspecified atom stereocenters. The SMILES string of the molecule is Cc1cc(N2CCCN(C(=O)Oc3ccccc3)CC2)ncn1. The standard InChI is InChI=1S/C17H20N4O2/c1-14-12-16(19-13-18-14)20-8-5-9-21(11-10-20)17(22)23-15-6-3-2-4-7-15/h2-4,6-7,12-13H,5,8-11H2,1H3. The predicted molar refractivity (Wildman–Crippen MR) is 87.6 cm³/mol. The van der Waals surface area contributed by atoms with Gasteiger partial charge in [-0.25, -0.2) is 14.8 Å². The van der Waals surface area contributed by atoms with Gasteiger partial charge in [-0.1, -0.05) is 18.2 Å². The second kappa shape index (κ2) is 7.09. The third-order valence-corrected chi connectivity index (χ3v) is 3.82. The normalized spacial score (nSPS) is 15.2. The Kier molecular flexibility index (Phi) is 4.71. The number of aromatic nitrogens is 2. The molecule has 1 aromatic heterocycles. The zero-order valence-corrected chi connectivity index (χ0v) is 13.2. The largest absolute Gasteiger partial charge is 0.415 e. The summed E-state index contributed by atoms with van der Waals surface area (Å²) in [6, 6.07) is 11.1. The quantitative estimate of drug-likeness (QED) is 0.853. The molecule has 0 saturated carbocycles. The third-order valence-electron chi connectivity index (χ3n) is 3.82. The fraction of sp³-hybridized carbons (Fsp3) is 0.353. The van der Waals surface area contributed by atoms with E-state index in [0.717, 1.165) is 31.0 Å². The minimum Gasteiger partial charge on any atom is -0.410 e. The monoisotopic (exact) mass is 312 g/mol. The molecule has 0 bridgehead atoms. The van der Waals surface area contributed by atoms with Gasteiger partial charge in [-0.3, -0.25) is 0 Å². The number of hydrogen-bond donors (Lipinski definition) is 0. The third kappa shape index (κ3) is 3.97. The second-order valence-electron chi connectivity index (χ2n) is 5.53. The van der Waals surface area contributed by atoms with Gasteiger partial charge in [0.05, 0.1) is 0 Å². The molecule has 0 atom stereocenters. The highest BCUT2D eigenvalue weighted by molar-refractivity contribution is 5.70. The number of anilines is 1. The zero-order valence-electron chi connectivity index (χ0n) is 13.2. The first-order valence-electron chi connectivity index (χ1n) is 7.78. The number of para-hydroxylation sites is 1. The summed E-state index contributed by atoms with van der Waals surface area (Å²) < 4.78 is 5.41. The van der Waals surface area contributed by atoms with Crippen molar-refractivity contribution in [3.8, 4) is 5.75 Å². The summed E-state index contributed by atoms with van der Waals surface area (Å²) in [6.45, 7) is 4.86. The van der Waals surface area contributed by atoms with Crippen LogP contribution in [0.3, 0.4) is 0 Å². The average molecular weight is 312 g/mol. The Labute approximate surface area is 135 Å². The Morgan fingerprint density at radius 2 is 1.91 bits per heavy atom. The van der Waals surface area contributed by atoms with Crippen molar-refractivity contribution in [1.82, 2.24) is 14.9 Å². The zero-order chi connectivity index (χ0) is 16.1. The molecule has 6 nitrogen and oxygen atoms in total. The number of benzene rings is 1. The Balaban J connectivity index is 1.61. The number of ether oxygens (including phenoxy) is 1. The minimum absolute atomic E-state index is 0.295. The maximum atomic E-state index is 12.3. The first-order chi connectivity index (χ1) is 11.2. The van der Waals surface area contributed by atoms with Crippen molar-refractivity contribution >= 4 is 11.9 Å². The van der Waals surface area contributed by atoms with E-state index < -0.39 is 0 Å². The van der Waals surface area contributed by atoms with Crippen LogP contribution in [0.1, 0.15) is 12.1 Å². The second-order valence-corrected chi connectivity index (χ2v) is 5.53. The van der Waals surface area contributed by atoms with Gasteiger partial charge in [-0.2, -0.15) is 0 Å². The van der Waals surface area contributed by atoms with Crippen molar-refractivity contribution in [2.75, 3.05) is 31.1 Å². The maximum absolute atomic E-state index is 12.3. The smallest absolute Gasteiger partial charge is 0.410 e. The summed E-state index contributed by atoms with van der Waals surface area (Å²) in [4.78, 5) is 24.7. The lowest BCUT2D eigenvalue weighted by atomic mass is 10.3. The van der Waals surface area contributed by atoms with Crippen LogP contribution in [-0.4, -0.2) is 47.1 Å². The maximum Gasteiger partial charge on any atom is 0.415 e. The highest BCUT2D eigenvalue weighted by Crippen LogP contribution is 2.15. The first kappa shape index (κ1) is 15.3. The van der Waals surface area contributed by atoms with Crippen LogP contribution in [-0.2, 0) is 0 Å². The number of aryl methyl sites for hydroxylation is 1. The van der Waals surface area contributed by atoms with Gasteiger partial charge in [0, 0.05) is 37.9 Å². The van der Waals surface area contributed by atoms with Crippen molar-refractivity contribution in [2.24, 2.45) is 0 Å². The molecule has 0 N–H and O–H groups in total. The molecular formula is C17H20N4O2. The lowest BCUT2D eigenvalue weighted by molar-refractivity contribution is 0.155. The minimum atomic E-state index is -0.295. The summed E-state index contributed by atoms with van der Waals surface area (Å²) >= 11 is 0. The van der Waals surface area contributed by atoms with Crippen LogP contribution in [0.15, 0.2) is 42.7 Å². The molecule has 1 aliphatic rings. The number of carbonyl (C=O) groups is 1. The number of carbonyl (C=O) groups excluding carboxylic acids is 1. The van der Waals surface area contributed by atoms with Gasteiger partial charge in [-0.05, 0) is 25.5 Å². The molecule has 1 fully saturated rings. The van der Waals surface area contributed by atoms with E-state index in [9.17, 15) is 4.79 Å². The molecular weight excluding hydrogens is 292 g/mol. The first-order valence-corrected chi connectivity index (χ1v) is 7.78. The van der Waals surface area contributed by atoms with E-state index in [-0.39, 0.29) is 6.09 Å². The molecule has 1 aromatic carbocycles. The van der Waals surface area contributed by atoms with Gasteiger partial charge in [-0.15, -0.1) is 0 Å². The predicted octanol–water partition coefficient (Wildman–Crippen LogP) is 2.50. The summed E-state index contributed by atoms with van der Waals surface area (Å²) in [7, 11) is 0. The number of rotatable bonds is 2. The van der Waals surface area contributed by atoms with E-state index >= 15 is 0 Å². The fourth-order valence-electron chi connectivity index (χ4n) is 2.60. The topological polar surface area (TPSA) is 58.6 Å². The van der Waals surface area contributed by atoms with E-state index in [1.54, 1.807) is 23.4 Å². The van der Waals surface area contributed by atoms with E-state index in [4.69, 9.17) is 4.74 Å². The average Bonchev–Trinajstić information content (AvgIpc) is 2.82. The molecule has 1 aliphatic heterocycles. The molecule has 0 aliphatic carbocycles. The van der Waals surface area contributed by atoms with Crippen molar-refractivity contribution in [2.45, 2.75) is 13.3 Å². The van der Waals surface area contributed by atoms with Gasteiger partial charge < -0.3 is 14.5 Å². The lowest BCUT2D eigenvalue weighted by Gasteiger charge is -2.22.